The van der Waals surface area contributed by atoms with Crippen molar-refractivity contribution < 1.29 is 18.0 Å². The normalized spacial score (nSPS) is 15.6. The van der Waals surface area contributed by atoms with Gasteiger partial charge in [-0.05, 0) is 31.0 Å². The van der Waals surface area contributed by atoms with E-state index in [-0.39, 0.29) is 4.88 Å². The monoisotopic (exact) mass is 369 g/mol. The van der Waals surface area contributed by atoms with E-state index >= 15 is 0 Å². The molecule has 1 saturated heterocycles. The molecule has 0 aliphatic carbocycles. The van der Waals surface area contributed by atoms with Crippen molar-refractivity contribution in [1.82, 2.24) is 9.88 Å². The van der Waals surface area contributed by atoms with Crippen molar-refractivity contribution in [2.75, 3.05) is 31.1 Å². The van der Waals surface area contributed by atoms with E-state index in [0.717, 1.165) is 22.5 Å². The number of aromatic nitrogens is 1. The summed E-state index contributed by atoms with van der Waals surface area (Å²) in [6, 6.07) is 6.06. The lowest BCUT2D eigenvalue weighted by Gasteiger charge is -2.37. The zero-order valence-electron chi connectivity index (χ0n) is 13.9. The third-order valence-corrected chi connectivity index (χ3v) is 5.33. The van der Waals surface area contributed by atoms with Gasteiger partial charge in [-0.15, -0.1) is 11.3 Å². The highest BCUT2D eigenvalue weighted by Gasteiger charge is 2.39. The molecule has 4 nitrogen and oxygen atoms in total. The Morgan fingerprint density at radius 2 is 1.84 bits per heavy atom. The number of piperazine rings is 1. The van der Waals surface area contributed by atoms with Crippen LogP contribution in [0, 0.1) is 13.8 Å². The summed E-state index contributed by atoms with van der Waals surface area (Å²) in [6.45, 7) is 6.06. The number of rotatable bonds is 2. The van der Waals surface area contributed by atoms with Crippen LogP contribution in [0.15, 0.2) is 23.7 Å². The molecule has 0 N–H and O–H groups in total. The molecule has 1 aromatic heterocycles. The first-order valence-electron chi connectivity index (χ1n) is 7.90. The SMILES string of the molecule is Cc1cccc(N2CCN(C(=O)c3scnc3C(F)(F)F)CC2)c1C. The minimum atomic E-state index is -4.61. The van der Waals surface area contributed by atoms with Crippen LogP contribution in [0.2, 0.25) is 0 Å². The topological polar surface area (TPSA) is 36.4 Å². The molecule has 0 radical (unpaired) electrons. The maximum absolute atomic E-state index is 12.9. The average molecular weight is 369 g/mol. The van der Waals surface area contributed by atoms with E-state index in [1.807, 2.05) is 25.1 Å². The highest BCUT2D eigenvalue weighted by atomic mass is 32.1. The van der Waals surface area contributed by atoms with E-state index in [1.54, 1.807) is 0 Å². The smallest absolute Gasteiger partial charge is 0.368 e. The van der Waals surface area contributed by atoms with Gasteiger partial charge in [-0.1, -0.05) is 12.1 Å². The van der Waals surface area contributed by atoms with Gasteiger partial charge in [0.25, 0.3) is 5.91 Å². The van der Waals surface area contributed by atoms with Gasteiger partial charge in [0, 0.05) is 31.9 Å². The fourth-order valence-corrected chi connectivity index (χ4v) is 3.75. The second-order valence-corrected chi connectivity index (χ2v) is 6.88. The Hall–Kier alpha value is -2.09. The van der Waals surface area contributed by atoms with Crippen LogP contribution in [0.1, 0.15) is 26.5 Å². The zero-order valence-corrected chi connectivity index (χ0v) is 14.7. The summed E-state index contributed by atoms with van der Waals surface area (Å²) >= 11 is 0.744. The molecule has 0 spiro atoms. The minimum absolute atomic E-state index is 0.326. The number of halogens is 3. The summed E-state index contributed by atoms with van der Waals surface area (Å²) in [5.74, 6) is -0.588. The van der Waals surface area contributed by atoms with Crippen molar-refractivity contribution in [3.63, 3.8) is 0 Å². The average Bonchev–Trinajstić information content (AvgIpc) is 3.07. The Balaban J connectivity index is 1.72. The first-order chi connectivity index (χ1) is 11.8. The molecule has 25 heavy (non-hydrogen) atoms. The number of hydrogen-bond donors (Lipinski definition) is 0. The van der Waals surface area contributed by atoms with E-state index < -0.39 is 17.8 Å². The summed E-state index contributed by atoms with van der Waals surface area (Å²) in [7, 11) is 0. The molecule has 1 aliphatic rings. The van der Waals surface area contributed by atoms with Crippen molar-refractivity contribution in [1.29, 1.82) is 0 Å². The van der Waals surface area contributed by atoms with E-state index in [9.17, 15) is 18.0 Å². The number of thiazole rings is 1. The first kappa shape index (κ1) is 17.7. The molecule has 2 heterocycles. The third kappa shape index (κ3) is 3.49. The molecule has 0 saturated carbocycles. The first-order valence-corrected chi connectivity index (χ1v) is 8.78. The molecule has 1 fully saturated rings. The lowest BCUT2D eigenvalue weighted by molar-refractivity contribution is -0.141. The molecular weight excluding hydrogens is 351 g/mol. The van der Waals surface area contributed by atoms with E-state index in [1.165, 1.54) is 16.0 Å². The number of carbonyl (C=O) groups excluding carboxylic acids is 1. The molecule has 134 valence electrons. The van der Waals surface area contributed by atoms with Crippen LogP contribution in [-0.2, 0) is 6.18 Å². The number of amides is 1. The Morgan fingerprint density at radius 1 is 1.16 bits per heavy atom. The lowest BCUT2D eigenvalue weighted by Crippen LogP contribution is -2.49. The molecule has 1 amide bonds. The highest BCUT2D eigenvalue weighted by Crippen LogP contribution is 2.33. The van der Waals surface area contributed by atoms with Crippen LogP contribution in [-0.4, -0.2) is 42.0 Å². The van der Waals surface area contributed by atoms with Crippen molar-refractivity contribution in [2.45, 2.75) is 20.0 Å². The summed E-state index contributed by atoms with van der Waals surface area (Å²) in [4.78, 5) is 19.1. The van der Waals surface area contributed by atoms with Gasteiger partial charge in [-0.2, -0.15) is 13.2 Å². The van der Waals surface area contributed by atoms with Crippen LogP contribution in [0.3, 0.4) is 0 Å². The summed E-state index contributed by atoms with van der Waals surface area (Å²) < 4.78 is 38.8. The van der Waals surface area contributed by atoms with E-state index in [2.05, 4.69) is 16.8 Å². The predicted octanol–water partition coefficient (Wildman–Crippen LogP) is 3.74. The molecule has 1 aliphatic heterocycles. The summed E-state index contributed by atoms with van der Waals surface area (Å²) in [6.07, 6.45) is -4.61. The Bertz CT molecular complexity index is 780. The Labute approximate surface area is 147 Å². The number of aryl methyl sites for hydroxylation is 1. The number of hydrogen-bond acceptors (Lipinski definition) is 4. The fraction of sp³-hybridized carbons (Fsp3) is 0.412. The van der Waals surface area contributed by atoms with Gasteiger partial charge < -0.3 is 9.80 Å². The molecular formula is C17H18F3N3OS. The lowest BCUT2D eigenvalue weighted by atomic mass is 10.1. The summed E-state index contributed by atoms with van der Waals surface area (Å²) in [5.41, 5.74) is 3.47. The van der Waals surface area contributed by atoms with Crippen molar-refractivity contribution in [3.8, 4) is 0 Å². The largest absolute Gasteiger partial charge is 0.434 e. The van der Waals surface area contributed by atoms with Crippen LogP contribution in [0.4, 0.5) is 18.9 Å². The van der Waals surface area contributed by atoms with Crippen molar-refractivity contribution >= 4 is 22.9 Å². The van der Waals surface area contributed by atoms with Crippen molar-refractivity contribution in [2.24, 2.45) is 0 Å². The Kier molecular flexibility index (Phi) is 4.73. The molecule has 1 aromatic carbocycles. The standard InChI is InChI=1S/C17H18F3N3OS/c1-11-4-3-5-13(12(11)2)22-6-8-23(9-7-22)16(24)14-15(17(18,19)20)21-10-25-14/h3-5,10H,6-9H2,1-2H3. The molecule has 2 aromatic rings. The summed E-state index contributed by atoms with van der Waals surface area (Å²) in [5, 5.41) is 0. The van der Waals surface area contributed by atoms with Crippen LogP contribution in [0.25, 0.3) is 0 Å². The molecule has 8 heteroatoms. The molecule has 0 atom stereocenters. The van der Waals surface area contributed by atoms with Gasteiger partial charge in [0.2, 0.25) is 0 Å². The quantitative estimate of drug-likeness (QED) is 0.809. The second-order valence-electron chi connectivity index (χ2n) is 6.03. The number of carbonyl (C=O) groups is 1. The van der Waals surface area contributed by atoms with Crippen LogP contribution >= 0.6 is 11.3 Å². The predicted molar refractivity (Wildman–Crippen MR) is 91.1 cm³/mol. The van der Waals surface area contributed by atoms with E-state index in [0.29, 0.717) is 26.2 Å². The third-order valence-electron chi connectivity index (χ3n) is 4.51. The van der Waals surface area contributed by atoms with Gasteiger partial charge in [0.15, 0.2) is 5.69 Å². The van der Waals surface area contributed by atoms with Gasteiger partial charge >= 0.3 is 6.18 Å². The maximum atomic E-state index is 12.9. The minimum Gasteiger partial charge on any atom is -0.368 e. The number of anilines is 1. The maximum Gasteiger partial charge on any atom is 0.434 e. The molecule has 0 unspecified atom stereocenters. The molecule has 3 rings (SSSR count). The van der Waals surface area contributed by atoms with Crippen molar-refractivity contribution in [3.05, 3.63) is 45.4 Å². The second kappa shape index (κ2) is 6.67. The van der Waals surface area contributed by atoms with Crippen LogP contribution < -0.4 is 4.90 Å². The van der Waals surface area contributed by atoms with Gasteiger partial charge in [0.1, 0.15) is 4.88 Å². The number of nitrogens with zero attached hydrogens (tertiary/aromatic N) is 3. The molecule has 0 bridgehead atoms. The fourth-order valence-electron chi connectivity index (χ4n) is 2.97. The number of benzene rings is 1. The highest BCUT2D eigenvalue weighted by molar-refractivity contribution is 7.11. The van der Waals surface area contributed by atoms with Gasteiger partial charge in [-0.25, -0.2) is 4.98 Å². The zero-order chi connectivity index (χ0) is 18.2. The van der Waals surface area contributed by atoms with Gasteiger partial charge in [-0.3, -0.25) is 4.79 Å². The van der Waals surface area contributed by atoms with E-state index in [4.69, 9.17) is 0 Å². The number of alkyl halides is 3. The Morgan fingerprint density at radius 3 is 2.48 bits per heavy atom. The van der Waals surface area contributed by atoms with Crippen LogP contribution in [0.5, 0.6) is 0 Å². The van der Waals surface area contributed by atoms with Gasteiger partial charge in [0.05, 0.1) is 5.51 Å².